The van der Waals surface area contributed by atoms with Crippen molar-refractivity contribution < 1.29 is 13.9 Å². The maximum Gasteiger partial charge on any atom is 0.230 e. The zero-order chi connectivity index (χ0) is 23.9. The number of hydrogen-bond acceptors (Lipinski definition) is 4. The lowest BCUT2D eigenvalue weighted by atomic mass is 9.86. The molecule has 1 aromatic carbocycles. The molecule has 1 aromatic heterocycles. The molecule has 6 heteroatoms. The Hall–Kier alpha value is -2.47. The van der Waals surface area contributed by atoms with Crippen molar-refractivity contribution >= 4 is 11.6 Å². The van der Waals surface area contributed by atoms with E-state index in [9.17, 15) is 9.18 Å². The molecule has 1 amide bonds. The molecule has 2 aromatic rings. The van der Waals surface area contributed by atoms with Crippen LogP contribution in [0.2, 0.25) is 0 Å². The Morgan fingerprint density at radius 3 is 2.53 bits per heavy atom. The number of likely N-dealkylation sites (tertiary alicyclic amines) is 1. The van der Waals surface area contributed by atoms with Crippen LogP contribution in [-0.4, -0.2) is 41.5 Å². The number of carbonyl (C=O) groups excluding carboxylic acids is 1. The van der Waals surface area contributed by atoms with Crippen molar-refractivity contribution in [3.63, 3.8) is 0 Å². The monoisotopic (exact) mass is 467 g/mol. The van der Waals surface area contributed by atoms with E-state index in [1.807, 2.05) is 4.90 Å². The van der Waals surface area contributed by atoms with Crippen molar-refractivity contribution in [3.8, 4) is 5.88 Å². The highest BCUT2D eigenvalue weighted by atomic mass is 19.1. The second-order valence-electron chi connectivity index (χ2n) is 9.84. The number of anilines is 1. The van der Waals surface area contributed by atoms with E-state index in [1.54, 1.807) is 6.07 Å². The summed E-state index contributed by atoms with van der Waals surface area (Å²) in [7, 11) is 0. The van der Waals surface area contributed by atoms with E-state index in [4.69, 9.17) is 4.74 Å². The summed E-state index contributed by atoms with van der Waals surface area (Å²) in [6, 6.07) is 9.47. The minimum atomic E-state index is -0.368. The molecule has 184 valence electrons. The number of benzene rings is 1. The second-order valence-corrected chi connectivity index (χ2v) is 9.84. The van der Waals surface area contributed by atoms with Crippen LogP contribution in [0.4, 0.5) is 10.1 Å². The van der Waals surface area contributed by atoms with Gasteiger partial charge in [-0.25, -0.2) is 9.37 Å². The van der Waals surface area contributed by atoms with E-state index >= 15 is 0 Å². The maximum absolute atomic E-state index is 13.5. The molecule has 2 heterocycles. The highest BCUT2D eigenvalue weighted by Crippen LogP contribution is 2.31. The molecule has 2 aliphatic rings. The van der Waals surface area contributed by atoms with Gasteiger partial charge in [0.1, 0.15) is 11.9 Å². The van der Waals surface area contributed by atoms with Crippen LogP contribution in [0, 0.1) is 18.7 Å². The van der Waals surface area contributed by atoms with Crippen LogP contribution in [-0.2, 0) is 11.3 Å². The Labute approximate surface area is 203 Å². The van der Waals surface area contributed by atoms with Gasteiger partial charge >= 0.3 is 0 Å². The number of hydrogen-bond donors (Lipinski definition) is 0. The maximum atomic E-state index is 13.5. The average molecular weight is 468 g/mol. The van der Waals surface area contributed by atoms with Crippen LogP contribution >= 0.6 is 0 Å². The molecular weight excluding hydrogens is 429 g/mol. The largest absolute Gasteiger partial charge is 0.474 e. The summed E-state index contributed by atoms with van der Waals surface area (Å²) < 4.78 is 19.0. The van der Waals surface area contributed by atoms with E-state index in [1.165, 1.54) is 55.7 Å². The van der Waals surface area contributed by atoms with Gasteiger partial charge in [0.05, 0.1) is 6.20 Å². The van der Waals surface area contributed by atoms with Gasteiger partial charge < -0.3 is 9.64 Å². The van der Waals surface area contributed by atoms with Gasteiger partial charge in [0.2, 0.25) is 11.8 Å². The van der Waals surface area contributed by atoms with Gasteiger partial charge in [-0.15, -0.1) is 0 Å². The van der Waals surface area contributed by atoms with Gasteiger partial charge in [0.15, 0.2) is 0 Å². The predicted molar refractivity (Wildman–Crippen MR) is 134 cm³/mol. The minimum Gasteiger partial charge on any atom is -0.474 e. The van der Waals surface area contributed by atoms with E-state index in [-0.39, 0.29) is 23.7 Å². The van der Waals surface area contributed by atoms with Crippen LogP contribution in [0.25, 0.3) is 0 Å². The number of amides is 1. The summed E-state index contributed by atoms with van der Waals surface area (Å²) in [5.41, 5.74) is 3.64. The first-order valence-electron chi connectivity index (χ1n) is 12.9. The normalized spacial score (nSPS) is 21.3. The standard InChI is InChI=1S/C28H38FN3O2/c1-3-15-32(25-11-7-23(21(2)18-25)20-31-16-5-4-6-17-31)28(33)22-8-12-26(13-9-22)34-27-14-10-24(29)19-30-27/h7,10-11,14,18-19,22,26H,3-6,8-9,12-13,15-17,20H2,1-2H3. The van der Waals surface area contributed by atoms with Crippen molar-refractivity contribution in [3.05, 3.63) is 53.5 Å². The predicted octanol–water partition coefficient (Wildman–Crippen LogP) is 5.90. The molecule has 1 aliphatic heterocycles. The summed E-state index contributed by atoms with van der Waals surface area (Å²) >= 11 is 0. The second kappa shape index (κ2) is 11.8. The van der Waals surface area contributed by atoms with Gasteiger partial charge in [-0.05, 0) is 94.3 Å². The van der Waals surface area contributed by atoms with E-state index in [0.717, 1.165) is 50.9 Å². The highest BCUT2D eigenvalue weighted by molar-refractivity contribution is 5.95. The molecule has 1 saturated carbocycles. The van der Waals surface area contributed by atoms with Crippen LogP contribution in [0.3, 0.4) is 0 Å². The van der Waals surface area contributed by atoms with Crippen LogP contribution < -0.4 is 9.64 Å². The Morgan fingerprint density at radius 2 is 1.88 bits per heavy atom. The number of rotatable bonds is 8. The summed E-state index contributed by atoms with van der Waals surface area (Å²) in [5, 5.41) is 0. The van der Waals surface area contributed by atoms with Gasteiger partial charge in [-0.3, -0.25) is 9.69 Å². The number of pyridine rings is 1. The number of aromatic nitrogens is 1. The lowest BCUT2D eigenvalue weighted by Crippen LogP contribution is -2.39. The first kappa shape index (κ1) is 24.6. The Bertz CT molecular complexity index is 935. The van der Waals surface area contributed by atoms with Crippen molar-refractivity contribution in [2.24, 2.45) is 5.92 Å². The molecule has 1 aliphatic carbocycles. The molecule has 0 atom stereocenters. The number of aryl methyl sites for hydroxylation is 1. The van der Waals surface area contributed by atoms with Gasteiger partial charge in [-0.1, -0.05) is 19.4 Å². The number of ether oxygens (including phenoxy) is 1. The number of piperidine rings is 1. The quantitative estimate of drug-likeness (QED) is 0.485. The molecular formula is C28H38FN3O2. The molecule has 1 saturated heterocycles. The topological polar surface area (TPSA) is 45.7 Å². The third-order valence-electron chi connectivity index (χ3n) is 7.20. The smallest absolute Gasteiger partial charge is 0.230 e. The van der Waals surface area contributed by atoms with Gasteiger partial charge in [-0.2, -0.15) is 0 Å². The molecule has 4 rings (SSSR count). The van der Waals surface area contributed by atoms with Crippen molar-refractivity contribution in [1.29, 1.82) is 0 Å². The van der Waals surface area contributed by atoms with Gasteiger partial charge in [0, 0.05) is 30.8 Å². The van der Waals surface area contributed by atoms with Crippen LogP contribution in [0.1, 0.15) is 69.4 Å². The fraction of sp³-hybridized carbons (Fsp3) is 0.571. The summed E-state index contributed by atoms with van der Waals surface area (Å²) in [5.74, 6) is 0.320. The third kappa shape index (κ3) is 6.35. The third-order valence-corrected chi connectivity index (χ3v) is 7.20. The first-order chi connectivity index (χ1) is 16.5. The molecule has 5 nitrogen and oxygen atoms in total. The summed E-state index contributed by atoms with van der Waals surface area (Å²) in [6.07, 6.45) is 9.28. The van der Waals surface area contributed by atoms with E-state index in [2.05, 4.69) is 41.9 Å². The van der Waals surface area contributed by atoms with Gasteiger partial charge in [0.25, 0.3) is 0 Å². The average Bonchev–Trinajstić information content (AvgIpc) is 2.86. The Balaban J connectivity index is 1.36. The zero-order valence-corrected chi connectivity index (χ0v) is 20.6. The summed E-state index contributed by atoms with van der Waals surface area (Å²) in [6.45, 7) is 8.40. The van der Waals surface area contributed by atoms with Crippen molar-refractivity contribution in [2.45, 2.75) is 77.9 Å². The molecule has 2 fully saturated rings. The van der Waals surface area contributed by atoms with E-state index < -0.39 is 0 Å². The van der Waals surface area contributed by atoms with Crippen LogP contribution in [0.5, 0.6) is 5.88 Å². The first-order valence-corrected chi connectivity index (χ1v) is 12.9. The molecule has 0 unspecified atom stereocenters. The molecule has 0 bridgehead atoms. The molecule has 34 heavy (non-hydrogen) atoms. The van der Waals surface area contributed by atoms with Crippen molar-refractivity contribution in [2.75, 3.05) is 24.5 Å². The number of carbonyl (C=O) groups is 1. The van der Waals surface area contributed by atoms with Crippen molar-refractivity contribution in [1.82, 2.24) is 9.88 Å². The zero-order valence-electron chi connectivity index (χ0n) is 20.6. The molecule has 0 spiro atoms. The minimum absolute atomic E-state index is 0.0147. The molecule has 0 N–H and O–H groups in total. The Kier molecular flexibility index (Phi) is 8.54. The summed E-state index contributed by atoms with van der Waals surface area (Å²) in [4.78, 5) is 22.1. The lowest BCUT2D eigenvalue weighted by molar-refractivity contribution is -0.123. The fourth-order valence-corrected chi connectivity index (χ4v) is 5.22. The van der Waals surface area contributed by atoms with Crippen LogP contribution in [0.15, 0.2) is 36.5 Å². The molecule has 0 radical (unpaired) electrons. The lowest BCUT2D eigenvalue weighted by Gasteiger charge is -2.32. The fourth-order valence-electron chi connectivity index (χ4n) is 5.22. The highest BCUT2D eigenvalue weighted by Gasteiger charge is 2.31. The number of nitrogens with zero attached hydrogens (tertiary/aromatic N) is 3. The van der Waals surface area contributed by atoms with E-state index in [0.29, 0.717) is 5.88 Å². The SMILES string of the molecule is CCCN(C(=O)C1CCC(Oc2ccc(F)cn2)CC1)c1ccc(CN2CCCCC2)c(C)c1. The Morgan fingerprint density at radius 1 is 1.12 bits per heavy atom. The number of halogens is 1.